The number of nitrogens with zero attached hydrogens (tertiary/aromatic N) is 3. The summed E-state index contributed by atoms with van der Waals surface area (Å²) in [5.41, 5.74) is 2.74. The van der Waals surface area contributed by atoms with Crippen molar-refractivity contribution < 1.29 is 38.2 Å². The van der Waals surface area contributed by atoms with E-state index >= 15 is 0 Å². The monoisotopic (exact) mass is 829 g/mol. The smallest absolute Gasteiger partial charge is 0.308 e. The molecule has 4 N–H and O–H groups in total. The summed E-state index contributed by atoms with van der Waals surface area (Å²) in [6.07, 6.45) is 5.01. The van der Waals surface area contributed by atoms with Crippen LogP contribution in [0.5, 0.6) is 5.75 Å². The molecular formula is C41H44ClN7O8S. The topological polar surface area (TPSA) is 211 Å². The maximum Gasteiger partial charge on any atom is 0.308 e. The largest absolute Gasteiger partial charge is 0.493 e. The fourth-order valence-corrected chi connectivity index (χ4v) is 8.65. The number of imide groups is 2. The number of amidine groups is 2. The Kier molecular flexibility index (Phi) is 13.2. The van der Waals surface area contributed by atoms with Crippen molar-refractivity contribution in [3.63, 3.8) is 0 Å². The van der Waals surface area contributed by atoms with Crippen molar-refractivity contribution in [3.8, 4) is 5.75 Å². The van der Waals surface area contributed by atoms with Crippen molar-refractivity contribution in [2.24, 2.45) is 4.99 Å². The summed E-state index contributed by atoms with van der Waals surface area (Å²) in [5.74, 6) is -2.83. The van der Waals surface area contributed by atoms with Crippen LogP contribution >= 0.6 is 22.9 Å². The van der Waals surface area contributed by atoms with Crippen LogP contribution < -0.4 is 20.3 Å². The van der Waals surface area contributed by atoms with Crippen molar-refractivity contribution in [2.75, 3.05) is 25.2 Å². The molecule has 1 aromatic heterocycles. The molecule has 0 saturated carbocycles. The number of methoxy groups -OCH3 is 1. The number of aliphatic imine (C=N–C) groups is 1. The molecule has 17 heteroatoms. The van der Waals surface area contributed by atoms with Crippen LogP contribution in [0, 0.1) is 17.7 Å². The van der Waals surface area contributed by atoms with E-state index in [2.05, 4.69) is 10.6 Å². The molecule has 3 aliphatic heterocycles. The minimum absolute atomic E-state index is 0.0435. The second kappa shape index (κ2) is 18.2. The first-order valence-corrected chi connectivity index (χ1v) is 20.2. The number of hydrogen-bond donors (Lipinski definition) is 4. The number of rotatable bonds is 15. The van der Waals surface area contributed by atoms with Gasteiger partial charge in [-0.1, -0.05) is 55.5 Å². The van der Waals surface area contributed by atoms with Gasteiger partial charge in [0, 0.05) is 29.1 Å². The second-order valence-electron chi connectivity index (χ2n) is 14.2. The van der Waals surface area contributed by atoms with Crippen LogP contribution in [0.25, 0.3) is 0 Å². The number of ether oxygens (including phenoxy) is 2. The highest BCUT2D eigenvalue weighted by Crippen LogP contribution is 2.41. The first-order valence-electron chi connectivity index (χ1n) is 19.1. The maximum atomic E-state index is 13.6. The Hall–Kier alpha value is -5.74. The molecule has 0 aliphatic carbocycles. The Balaban J connectivity index is 1.000. The number of halogens is 1. The molecule has 2 aromatic carbocycles. The van der Waals surface area contributed by atoms with Gasteiger partial charge in [0.15, 0.2) is 0 Å². The lowest BCUT2D eigenvalue weighted by atomic mass is 9.99. The van der Waals surface area contributed by atoms with Gasteiger partial charge < -0.3 is 14.8 Å². The van der Waals surface area contributed by atoms with E-state index in [-0.39, 0.29) is 53.7 Å². The molecule has 2 atom stereocenters. The Morgan fingerprint density at radius 2 is 1.71 bits per heavy atom. The molecule has 1 fully saturated rings. The molecule has 6 rings (SSSR count). The lowest BCUT2D eigenvalue weighted by molar-refractivity contribution is -0.140. The summed E-state index contributed by atoms with van der Waals surface area (Å²) in [4.78, 5) is 83.9. The van der Waals surface area contributed by atoms with Gasteiger partial charge in [-0.3, -0.25) is 59.7 Å². The predicted octanol–water partition coefficient (Wildman–Crippen LogP) is 5.82. The highest BCUT2D eigenvalue weighted by atomic mass is 35.5. The van der Waals surface area contributed by atoms with Gasteiger partial charge >= 0.3 is 5.97 Å². The highest BCUT2D eigenvalue weighted by molar-refractivity contribution is 7.19. The number of thiophene rings is 1. The van der Waals surface area contributed by atoms with E-state index in [0.717, 1.165) is 43.4 Å². The minimum Gasteiger partial charge on any atom is -0.493 e. The van der Waals surface area contributed by atoms with Gasteiger partial charge in [0.05, 0.1) is 41.9 Å². The van der Waals surface area contributed by atoms with E-state index in [9.17, 15) is 28.8 Å². The Labute approximate surface area is 344 Å². The Morgan fingerprint density at radius 1 is 1.00 bits per heavy atom. The molecule has 304 valence electrons. The maximum absolute atomic E-state index is 13.6. The molecule has 3 aromatic rings. The zero-order valence-corrected chi connectivity index (χ0v) is 33.9. The van der Waals surface area contributed by atoms with Crippen molar-refractivity contribution >= 4 is 80.8 Å². The zero-order chi connectivity index (χ0) is 41.7. The van der Waals surface area contributed by atoms with Crippen LogP contribution in [-0.4, -0.2) is 90.1 Å². The molecule has 0 spiro atoms. The standard InChI is InChI=1S/C41H44ClN7O8S/c1-22-32-34(24-13-15-25(42)16-14-24)46-27(21-31(51)56-3)36(44)48(23(2)43)41(32)58-35(22)38(53)45-19-8-6-4-5-7-9-20-57-29-12-10-11-26-33(29)40(55)49(39(26)54)28-17-18-30(50)47-37(28)52/h10-16,27-28,43-44H,4-9,17-21H2,1-3H3,(H,45,53)(H,47,50,52)/t27-,28?/m0/s1. The normalized spacial score (nSPS) is 17.7. The number of piperidine rings is 1. The van der Waals surface area contributed by atoms with Crippen LogP contribution in [0.4, 0.5) is 5.00 Å². The van der Waals surface area contributed by atoms with Crippen molar-refractivity contribution in [2.45, 2.75) is 83.7 Å². The quantitative estimate of drug-likeness (QED) is 0.0477. The molecule has 3 aliphatic rings. The second-order valence-corrected chi connectivity index (χ2v) is 15.6. The van der Waals surface area contributed by atoms with E-state index in [1.165, 1.54) is 29.4 Å². The number of hydrogen-bond acceptors (Lipinski definition) is 12. The fourth-order valence-electron chi connectivity index (χ4n) is 7.24. The molecule has 5 amide bonds. The van der Waals surface area contributed by atoms with Crippen molar-refractivity contribution in [1.29, 1.82) is 10.8 Å². The number of benzene rings is 2. The summed E-state index contributed by atoms with van der Waals surface area (Å²) in [7, 11) is 1.27. The number of nitrogens with one attached hydrogen (secondary N) is 4. The van der Waals surface area contributed by atoms with E-state index in [1.54, 1.807) is 43.3 Å². The first kappa shape index (κ1) is 41.9. The summed E-state index contributed by atoms with van der Waals surface area (Å²) < 4.78 is 10.8. The lowest BCUT2D eigenvalue weighted by Crippen LogP contribution is -2.54. The minimum atomic E-state index is -1.04. The SMILES string of the molecule is COC(=O)C[C@@H]1N=C(c2ccc(Cl)cc2)c2c(sc(C(=O)NCCCCCCCCOc3cccc4c3C(=O)N(C3CCC(=O)NC3=O)C4=O)c2C)N(C(C)=N)C1=N. The zero-order valence-electron chi connectivity index (χ0n) is 32.4. The van der Waals surface area contributed by atoms with Gasteiger partial charge in [-0.25, -0.2) is 0 Å². The molecule has 1 saturated heterocycles. The van der Waals surface area contributed by atoms with Gasteiger partial charge in [-0.15, -0.1) is 11.3 Å². The highest BCUT2D eigenvalue weighted by Gasteiger charge is 2.46. The molecule has 58 heavy (non-hydrogen) atoms. The number of anilines is 1. The molecular weight excluding hydrogens is 786 g/mol. The third-order valence-corrected chi connectivity index (χ3v) is 11.7. The molecule has 0 radical (unpaired) electrons. The van der Waals surface area contributed by atoms with Gasteiger partial charge in [-0.2, -0.15) is 0 Å². The number of esters is 1. The first-order chi connectivity index (χ1) is 27.8. The third kappa shape index (κ3) is 8.72. The van der Waals surface area contributed by atoms with E-state index in [0.29, 0.717) is 50.5 Å². The van der Waals surface area contributed by atoms with Gasteiger partial charge in [0.1, 0.15) is 34.5 Å². The number of fused-ring (bicyclic) bond motifs is 2. The molecule has 4 heterocycles. The number of carbonyl (C=O) groups excluding carboxylic acids is 6. The van der Waals surface area contributed by atoms with Crippen LogP contribution in [0.2, 0.25) is 5.02 Å². The molecule has 15 nitrogen and oxygen atoms in total. The van der Waals surface area contributed by atoms with Gasteiger partial charge in [-0.05, 0) is 62.9 Å². The van der Waals surface area contributed by atoms with Crippen molar-refractivity contribution in [3.05, 3.63) is 80.2 Å². The lowest BCUT2D eigenvalue weighted by Gasteiger charge is -2.27. The van der Waals surface area contributed by atoms with E-state index in [4.69, 9.17) is 36.9 Å². The Bertz CT molecular complexity index is 2220. The molecule has 1 unspecified atom stereocenters. The molecule has 0 bridgehead atoms. The van der Waals surface area contributed by atoms with Crippen LogP contribution in [0.15, 0.2) is 47.5 Å². The van der Waals surface area contributed by atoms with E-state index < -0.39 is 41.7 Å². The van der Waals surface area contributed by atoms with Crippen LogP contribution in [0.1, 0.15) is 112 Å². The van der Waals surface area contributed by atoms with Crippen molar-refractivity contribution in [1.82, 2.24) is 15.5 Å². The average Bonchev–Trinajstić information content (AvgIpc) is 3.61. The number of amides is 5. The summed E-state index contributed by atoms with van der Waals surface area (Å²) in [5, 5.41) is 23.8. The van der Waals surface area contributed by atoms with Crippen LogP contribution in [0.3, 0.4) is 0 Å². The summed E-state index contributed by atoms with van der Waals surface area (Å²) in [6.45, 7) is 4.15. The van der Waals surface area contributed by atoms with E-state index in [1.807, 2.05) is 6.92 Å². The van der Waals surface area contributed by atoms with Crippen LogP contribution in [-0.2, 0) is 19.1 Å². The predicted molar refractivity (Wildman–Crippen MR) is 219 cm³/mol. The number of unbranched alkanes of at least 4 members (excludes halogenated alkanes) is 5. The van der Waals surface area contributed by atoms with Gasteiger partial charge in [0.25, 0.3) is 17.7 Å². The fraction of sp³-hybridized carbons (Fsp3) is 0.390. The van der Waals surface area contributed by atoms with Gasteiger partial charge in [0.2, 0.25) is 11.8 Å². The third-order valence-electron chi connectivity index (χ3n) is 10.2. The number of carbonyl (C=O) groups is 6. The Morgan fingerprint density at radius 3 is 2.40 bits per heavy atom. The summed E-state index contributed by atoms with van der Waals surface area (Å²) >= 11 is 7.36. The summed E-state index contributed by atoms with van der Waals surface area (Å²) in [6, 6.07) is 9.85. The average molecular weight is 830 g/mol.